The number of benzene rings is 1. The van der Waals surface area contributed by atoms with E-state index in [-0.39, 0.29) is 43.8 Å². The second-order valence-corrected chi connectivity index (χ2v) is 9.87. The summed E-state index contributed by atoms with van der Waals surface area (Å²) in [6.45, 7) is 7.75. The summed E-state index contributed by atoms with van der Waals surface area (Å²) in [5.41, 5.74) is 4.91. The summed E-state index contributed by atoms with van der Waals surface area (Å²) in [6.07, 6.45) is 4.88. The molecule has 220 valence electrons. The van der Waals surface area contributed by atoms with E-state index >= 15 is 0 Å². The predicted molar refractivity (Wildman–Crippen MR) is 146 cm³/mol. The van der Waals surface area contributed by atoms with E-state index in [1.165, 1.54) is 19.1 Å². The van der Waals surface area contributed by atoms with E-state index in [0.717, 1.165) is 32.1 Å². The molecule has 10 heteroatoms. The lowest BCUT2D eigenvalue weighted by atomic mass is 9.86. The van der Waals surface area contributed by atoms with Gasteiger partial charge in [0.25, 0.3) is 0 Å². The summed E-state index contributed by atoms with van der Waals surface area (Å²) >= 11 is 0. The number of unbranched alkanes of at least 4 members (excludes halogenated alkanes) is 5. The third-order valence-electron chi connectivity index (χ3n) is 6.04. The molecule has 0 aliphatic carbocycles. The van der Waals surface area contributed by atoms with Crippen LogP contribution in [0.4, 0.5) is 4.79 Å². The highest BCUT2D eigenvalue weighted by Crippen LogP contribution is 2.32. The lowest BCUT2D eigenvalue weighted by Crippen LogP contribution is -2.52. The molecule has 0 saturated carbocycles. The van der Waals surface area contributed by atoms with Crippen molar-refractivity contribution in [3.05, 3.63) is 23.8 Å². The fraction of sp³-hybridized carbons (Fsp3) is 0.655. The summed E-state index contributed by atoms with van der Waals surface area (Å²) in [5, 5.41) is 9.91. The van der Waals surface area contributed by atoms with Crippen LogP contribution in [0.5, 0.6) is 11.5 Å². The van der Waals surface area contributed by atoms with Crippen LogP contribution in [0, 0.1) is 0 Å². The number of rotatable bonds is 19. The molecule has 0 aliphatic rings. The Morgan fingerprint density at radius 2 is 1.44 bits per heavy atom. The molecule has 0 heterocycles. The van der Waals surface area contributed by atoms with Crippen LogP contribution in [0.2, 0.25) is 0 Å². The zero-order valence-electron chi connectivity index (χ0n) is 23.8. The molecule has 1 unspecified atom stereocenters. The fourth-order valence-electron chi connectivity index (χ4n) is 3.86. The molecule has 3 N–H and O–H groups in total. The number of ether oxygens (including phenoxy) is 4. The number of hydrogen-bond acceptors (Lipinski definition) is 9. The normalized spacial score (nSPS) is 13.2. The molecule has 0 saturated heterocycles. The Bertz CT molecular complexity index is 933. The molecule has 39 heavy (non-hydrogen) atoms. The van der Waals surface area contributed by atoms with Gasteiger partial charge in [-0.15, -0.1) is 0 Å². The van der Waals surface area contributed by atoms with Crippen molar-refractivity contribution in [1.29, 1.82) is 0 Å². The van der Waals surface area contributed by atoms with Crippen molar-refractivity contribution in [2.45, 2.75) is 116 Å². The van der Waals surface area contributed by atoms with Crippen LogP contribution in [0.15, 0.2) is 18.2 Å². The largest absolute Gasteiger partial charge is 0.508 e. The average Bonchev–Trinajstić information content (AvgIpc) is 2.85. The Labute approximate surface area is 231 Å². The first-order valence-electron chi connectivity index (χ1n) is 13.9. The minimum absolute atomic E-state index is 0.0226. The Hall–Kier alpha value is -3.14. The zero-order valence-corrected chi connectivity index (χ0v) is 23.8. The molecule has 0 radical (unpaired) electrons. The first-order valence-corrected chi connectivity index (χ1v) is 13.9. The predicted octanol–water partition coefficient (Wildman–Crippen LogP) is 5.71. The molecule has 0 amide bonds. The smallest absolute Gasteiger partial charge is 0.480 e. The zero-order chi connectivity index (χ0) is 29.3. The number of hydrogen-bond donors (Lipinski definition) is 2. The molecule has 1 rings (SSSR count). The first kappa shape index (κ1) is 33.9. The summed E-state index contributed by atoms with van der Waals surface area (Å²) < 4.78 is 21.1. The third-order valence-corrected chi connectivity index (χ3v) is 6.04. The van der Waals surface area contributed by atoms with Gasteiger partial charge in [-0.1, -0.05) is 58.9 Å². The molecule has 0 fully saturated rings. The molecule has 2 atom stereocenters. The lowest BCUT2D eigenvalue weighted by molar-refractivity contribution is -0.144. The van der Waals surface area contributed by atoms with Crippen LogP contribution in [0.1, 0.15) is 104 Å². The van der Waals surface area contributed by atoms with Crippen LogP contribution >= 0.6 is 0 Å². The highest BCUT2D eigenvalue weighted by Gasteiger charge is 2.37. The van der Waals surface area contributed by atoms with Crippen molar-refractivity contribution in [3.63, 3.8) is 0 Å². The quantitative estimate of drug-likeness (QED) is 0.124. The summed E-state index contributed by atoms with van der Waals surface area (Å²) in [5.74, 6) is -2.12. The van der Waals surface area contributed by atoms with Gasteiger partial charge in [0.05, 0.1) is 6.61 Å². The summed E-state index contributed by atoms with van der Waals surface area (Å²) in [4.78, 5) is 48.8. The highest BCUT2D eigenvalue weighted by molar-refractivity contribution is 5.79. The molecule has 0 aliphatic heterocycles. The first-order chi connectivity index (χ1) is 18.5. The molecule has 0 spiro atoms. The molecule has 10 nitrogen and oxygen atoms in total. The van der Waals surface area contributed by atoms with Gasteiger partial charge in [0.1, 0.15) is 11.6 Å². The molecule has 0 aromatic heterocycles. The minimum atomic E-state index is -1.80. The molecule has 1 aromatic rings. The van der Waals surface area contributed by atoms with Crippen molar-refractivity contribution >= 4 is 24.1 Å². The minimum Gasteiger partial charge on any atom is -0.480 e. The molecule has 1 aromatic carbocycles. The SMILES string of the molecule is CCCCCC(=O)Oc1ccc(CC(N)(C[C@H](C)OC(=O)OCCCC)C(=O)O)cc1OC(=O)CCCCC. The Morgan fingerprint density at radius 1 is 0.872 bits per heavy atom. The molecular weight excluding hydrogens is 506 g/mol. The number of carboxylic acids is 1. The van der Waals surface area contributed by atoms with Crippen LogP contribution < -0.4 is 15.2 Å². The maximum absolute atomic E-state index is 12.4. The van der Waals surface area contributed by atoms with Gasteiger partial charge in [-0.3, -0.25) is 14.4 Å². The average molecular weight is 552 g/mol. The fourth-order valence-corrected chi connectivity index (χ4v) is 3.86. The van der Waals surface area contributed by atoms with E-state index in [9.17, 15) is 24.3 Å². The standard InChI is InChI=1S/C29H45NO9/c1-5-8-11-13-25(31)38-23-16-15-22(18-24(23)39-26(32)14-12-9-6-2)20-29(30,27(33)34)19-21(4)37-28(35)36-17-10-7-3/h15-16,18,21H,5-14,17,19-20,30H2,1-4H3,(H,33,34)/t21-,29?/m0/s1. The number of carbonyl (C=O) groups is 4. The van der Waals surface area contributed by atoms with E-state index in [1.54, 1.807) is 6.07 Å². The Balaban J connectivity index is 3.07. The van der Waals surface area contributed by atoms with E-state index in [4.69, 9.17) is 24.7 Å². The van der Waals surface area contributed by atoms with Gasteiger partial charge in [0.15, 0.2) is 11.5 Å². The monoisotopic (exact) mass is 551 g/mol. The van der Waals surface area contributed by atoms with Gasteiger partial charge in [0, 0.05) is 25.7 Å². The maximum atomic E-state index is 12.4. The van der Waals surface area contributed by atoms with E-state index in [2.05, 4.69) is 0 Å². The topological polar surface area (TPSA) is 151 Å². The summed E-state index contributed by atoms with van der Waals surface area (Å²) in [7, 11) is 0. The van der Waals surface area contributed by atoms with Crippen molar-refractivity contribution in [1.82, 2.24) is 0 Å². The second kappa shape index (κ2) is 18.2. The maximum Gasteiger partial charge on any atom is 0.508 e. The van der Waals surface area contributed by atoms with Crippen LogP contribution in [-0.2, 0) is 30.3 Å². The molecule has 0 bridgehead atoms. The number of nitrogens with two attached hydrogens (primary N) is 1. The summed E-state index contributed by atoms with van der Waals surface area (Å²) in [6, 6.07) is 4.49. The van der Waals surface area contributed by atoms with Crippen molar-refractivity contribution in [2.75, 3.05) is 6.61 Å². The second-order valence-electron chi connectivity index (χ2n) is 9.87. The van der Waals surface area contributed by atoms with E-state index < -0.39 is 35.7 Å². The Kier molecular flexibility index (Phi) is 15.8. The van der Waals surface area contributed by atoms with E-state index in [1.807, 2.05) is 20.8 Å². The van der Waals surface area contributed by atoms with Gasteiger partial charge in [0.2, 0.25) is 0 Å². The van der Waals surface area contributed by atoms with Crippen molar-refractivity contribution in [2.24, 2.45) is 5.73 Å². The van der Waals surface area contributed by atoms with Gasteiger partial charge >= 0.3 is 24.1 Å². The third kappa shape index (κ3) is 13.5. The van der Waals surface area contributed by atoms with Gasteiger partial charge < -0.3 is 29.8 Å². The number of carboxylic acid groups (broad SMARTS) is 1. The van der Waals surface area contributed by atoms with Gasteiger partial charge in [-0.25, -0.2) is 4.79 Å². The number of carbonyl (C=O) groups excluding carboxylic acids is 3. The lowest BCUT2D eigenvalue weighted by Gasteiger charge is -2.28. The van der Waals surface area contributed by atoms with Gasteiger partial charge in [-0.2, -0.15) is 0 Å². The highest BCUT2D eigenvalue weighted by atomic mass is 16.7. The van der Waals surface area contributed by atoms with E-state index in [0.29, 0.717) is 24.8 Å². The van der Waals surface area contributed by atoms with Crippen molar-refractivity contribution in [3.8, 4) is 11.5 Å². The van der Waals surface area contributed by atoms with Crippen LogP contribution in [0.3, 0.4) is 0 Å². The van der Waals surface area contributed by atoms with Gasteiger partial charge in [-0.05, 0) is 43.9 Å². The van der Waals surface area contributed by atoms with Crippen LogP contribution in [-0.4, -0.2) is 47.4 Å². The van der Waals surface area contributed by atoms with Crippen molar-refractivity contribution < 1.29 is 43.2 Å². The Morgan fingerprint density at radius 3 is 1.97 bits per heavy atom. The number of aliphatic carboxylic acids is 1. The van der Waals surface area contributed by atoms with Crippen LogP contribution in [0.25, 0.3) is 0 Å². The molecular formula is C29H45NO9. The number of esters is 2.